The van der Waals surface area contributed by atoms with Gasteiger partial charge in [0.2, 0.25) is 5.91 Å². The zero-order valence-electron chi connectivity index (χ0n) is 63.0. The smallest absolute Gasteiger partial charge is 0.462 e. The van der Waals surface area contributed by atoms with Crippen LogP contribution in [0.15, 0.2) is 0 Å². The molecule has 0 aliphatic carbocycles. The molecule has 1 unspecified atom stereocenters. The van der Waals surface area contributed by atoms with E-state index in [-0.39, 0.29) is 64.1 Å². The monoisotopic (exact) mass is 1450 g/mol. The van der Waals surface area contributed by atoms with Gasteiger partial charge in [-0.25, -0.2) is 4.57 Å². The van der Waals surface area contributed by atoms with Crippen LogP contribution in [0.25, 0.3) is 0 Å². The van der Waals surface area contributed by atoms with E-state index in [1.165, 1.54) is 141 Å². The van der Waals surface area contributed by atoms with Crippen LogP contribution in [0, 0.1) is 0 Å². The lowest BCUT2D eigenvalue weighted by Crippen LogP contribution is -2.30. The predicted octanol–water partition coefficient (Wildman–Crippen LogP) is 13.9. The van der Waals surface area contributed by atoms with E-state index in [4.69, 9.17) is 80.1 Å². The van der Waals surface area contributed by atoms with E-state index in [1.54, 1.807) is 0 Å². The van der Waals surface area contributed by atoms with Gasteiger partial charge in [-0.1, -0.05) is 194 Å². The molecule has 25 heteroatoms. The van der Waals surface area contributed by atoms with Crippen LogP contribution >= 0.6 is 7.82 Å². The number of carbonyl (C=O) groups is 4. The van der Waals surface area contributed by atoms with Gasteiger partial charge >= 0.3 is 25.7 Å². The quantitative estimate of drug-likeness (QED) is 0.0248. The molecule has 24 nitrogen and oxygen atoms in total. The molecular weight excluding hydrogens is 1300 g/mol. The molecule has 0 heterocycles. The van der Waals surface area contributed by atoms with E-state index in [1.807, 2.05) is 20.8 Å². The third-order valence-electron chi connectivity index (χ3n) is 15.5. The van der Waals surface area contributed by atoms with Crippen molar-refractivity contribution in [2.24, 2.45) is 0 Å². The predicted molar refractivity (Wildman–Crippen MR) is 384 cm³/mol. The number of ether oxygens (including phenoxy) is 15. The third-order valence-corrected chi connectivity index (χ3v) is 16.4. The molecule has 0 rings (SSSR count). The lowest BCUT2D eigenvalue weighted by Gasteiger charge is -2.20. The van der Waals surface area contributed by atoms with Crippen LogP contribution in [0.5, 0.6) is 0 Å². The summed E-state index contributed by atoms with van der Waals surface area (Å²) in [4.78, 5) is 60.1. The number of phosphoric acid groups is 1. The number of esters is 3. The molecule has 0 bridgehead atoms. The van der Waals surface area contributed by atoms with Gasteiger partial charge in [-0.3, -0.25) is 28.2 Å². The molecule has 0 aromatic rings. The lowest BCUT2D eigenvalue weighted by atomic mass is 10.0. The van der Waals surface area contributed by atoms with Crippen molar-refractivity contribution in [3.8, 4) is 0 Å². The number of phosphoric ester groups is 1. The van der Waals surface area contributed by atoms with Gasteiger partial charge in [0.1, 0.15) is 12.2 Å². The normalized spacial score (nSPS) is 12.7. The second kappa shape index (κ2) is 76.6. The number of amides is 1. The molecule has 1 amide bonds. The standard InChI is InChI=1S/C74H144NO23P/c1-6-8-10-12-14-16-18-20-22-24-26-28-30-32-34-37-71(77)94-67-69(97-72(78)38-35-33-31-29-27-25-23-21-19-17-15-13-11-9-7-2)68-96-99(80,81)95-44-41-75-70(76)40-43-83-46-48-85-50-52-87-54-56-89-58-60-91-62-64-93-66-65-92-63-61-90-59-57-88-55-53-86-51-49-84-47-45-82-42-36-39-73(79)98-74(3,4)5/h69H,6-68H2,1-5H3,(H,75,76)(H,80,81)/t69-/m1/s1. The van der Waals surface area contributed by atoms with Gasteiger partial charge < -0.3 is 81.3 Å². The molecule has 588 valence electrons. The van der Waals surface area contributed by atoms with Crippen molar-refractivity contribution in [1.29, 1.82) is 0 Å². The molecule has 0 spiro atoms. The fraction of sp³-hybridized carbons (Fsp3) is 0.946. The van der Waals surface area contributed by atoms with Crippen LogP contribution < -0.4 is 5.32 Å². The highest BCUT2D eigenvalue weighted by molar-refractivity contribution is 7.47. The Morgan fingerprint density at radius 2 is 0.606 bits per heavy atom. The molecule has 0 aliphatic rings. The molecule has 0 saturated heterocycles. The third kappa shape index (κ3) is 81.0. The molecule has 0 aromatic carbocycles. The highest BCUT2D eigenvalue weighted by atomic mass is 31.2. The molecular formula is C74H144NO23P. The Bertz CT molecular complexity index is 1790. The summed E-state index contributed by atoms with van der Waals surface area (Å²) in [6, 6.07) is 0. The van der Waals surface area contributed by atoms with Crippen molar-refractivity contribution in [2.75, 3.05) is 185 Å². The summed E-state index contributed by atoms with van der Waals surface area (Å²) in [5.41, 5.74) is -0.467. The minimum absolute atomic E-state index is 0.0606. The Morgan fingerprint density at radius 3 is 0.929 bits per heavy atom. The van der Waals surface area contributed by atoms with Crippen molar-refractivity contribution in [2.45, 2.75) is 271 Å². The SMILES string of the molecule is CCCCCCCCCCCCCCCCCC(=O)OC[C@H](COP(=O)(O)OCCNC(=O)CCOCCOCCOCCOCCOCCOCCOCCOCCOCCOCCOCCOCCCC(=O)OC(C)(C)C)OC(=O)CCCCCCCCCCCCCCCCC. The van der Waals surface area contributed by atoms with Gasteiger partial charge in [0.15, 0.2) is 6.10 Å². The summed E-state index contributed by atoms with van der Waals surface area (Å²) in [6.07, 6.45) is 36.8. The average Bonchev–Trinajstić information content (AvgIpc) is 1.57. The number of carbonyl (C=O) groups excluding carboxylic acids is 4. The maximum absolute atomic E-state index is 12.9. The molecule has 0 saturated carbocycles. The van der Waals surface area contributed by atoms with Crippen LogP contribution in [0.1, 0.15) is 259 Å². The zero-order valence-corrected chi connectivity index (χ0v) is 63.9. The van der Waals surface area contributed by atoms with E-state index in [0.29, 0.717) is 171 Å². The van der Waals surface area contributed by atoms with Crippen LogP contribution in [-0.2, 0) is 104 Å². The highest BCUT2D eigenvalue weighted by Gasteiger charge is 2.26. The molecule has 0 aromatic heterocycles. The Balaban J connectivity index is 3.97. The van der Waals surface area contributed by atoms with E-state index < -0.39 is 38.1 Å². The maximum Gasteiger partial charge on any atom is 0.472 e. The van der Waals surface area contributed by atoms with Gasteiger partial charge in [-0.15, -0.1) is 0 Å². The van der Waals surface area contributed by atoms with Crippen LogP contribution in [0.2, 0.25) is 0 Å². The topological polar surface area (TPSA) is 275 Å². The van der Waals surface area contributed by atoms with E-state index in [2.05, 4.69) is 19.2 Å². The molecule has 99 heavy (non-hydrogen) atoms. The zero-order chi connectivity index (χ0) is 72.2. The molecule has 2 N–H and O–H groups in total. The second-order valence-corrected chi connectivity index (χ2v) is 27.4. The summed E-state index contributed by atoms with van der Waals surface area (Å²) in [6.45, 7) is 19.0. The van der Waals surface area contributed by atoms with Gasteiger partial charge in [0.05, 0.1) is 165 Å². The summed E-state index contributed by atoms with van der Waals surface area (Å²) in [7, 11) is -4.63. The van der Waals surface area contributed by atoms with Crippen LogP contribution in [0.4, 0.5) is 0 Å². The molecule has 2 atom stereocenters. The Labute approximate surface area is 599 Å². The first-order valence-corrected chi connectivity index (χ1v) is 40.2. The van der Waals surface area contributed by atoms with E-state index in [0.717, 1.165) is 38.5 Å². The second-order valence-electron chi connectivity index (χ2n) is 25.9. The summed E-state index contributed by atoms with van der Waals surface area (Å²) in [5.74, 6) is -1.46. The Morgan fingerprint density at radius 1 is 0.323 bits per heavy atom. The first kappa shape index (κ1) is 96.5. The highest BCUT2D eigenvalue weighted by Crippen LogP contribution is 2.43. The summed E-state index contributed by atoms with van der Waals surface area (Å²) < 4.78 is 106. The molecule has 0 fully saturated rings. The first-order chi connectivity index (χ1) is 48.3. The summed E-state index contributed by atoms with van der Waals surface area (Å²) in [5, 5.41) is 2.62. The maximum atomic E-state index is 12.9. The van der Waals surface area contributed by atoms with Gasteiger partial charge in [-0.05, 0) is 40.0 Å². The van der Waals surface area contributed by atoms with Gasteiger partial charge in [0, 0.05) is 38.8 Å². The van der Waals surface area contributed by atoms with Gasteiger partial charge in [-0.2, -0.15) is 0 Å². The number of rotatable bonds is 82. The summed E-state index contributed by atoms with van der Waals surface area (Å²) >= 11 is 0. The van der Waals surface area contributed by atoms with E-state index in [9.17, 15) is 28.6 Å². The van der Waals surface area contributed by atoms with Crippen molar-refractivity contribution in [3.05, 3.63) is 0 Å². The van der Waals surface area contributed by atoms with Crippen LogP contribution in [0.3, 0.4) is 0 Å². The number of unbranched alkanes of at least 4 members (excludes halogenated alkanes) is 28. The van der Waals surface area contributed by atoms with Gasteiger partial charge in [0.25, 0.3) is 0 Å². The minimum atomic E-state index is -4.63. The van der Waals surface area contributed by atoms with E-state index >= 15 is 0 Å². The number of hydrogen-bond donors (Lipinski definition) is 2. The van der Waals surface area contributed by atoms with Crippen molar-refractivity contribution < 1.29 is 109 Å². The largest absolute Gasteiger partial charge is 0.472 e. The minimum Gasteiger partial charge on any atom is -0.462 e. The van der Waals surface area contributed by atoms with Crippen molar-refractivity contribution in [1.82, 2.24) is 5.32 Å². The lowest BCUT2D eigenvalue weighted by molar-refractivity contribution is -0.161. The Kier molecular flexibility index (Phi) is 74.7. The molecule has 0 radical (unpaired) electrons. The fourth-order valence-electron chi connectivity index (χ4n) is 9.95. The Hall–Kier alpha value is -2.49. The average molecular weight is 1450 g/mol. The number of nitrogens with one attached hydrogen (secondary N) is 1. The van der Waals surface area contributed by atoms with Crippen molar-refractivity contribution in [3.63, 3.8) is 0 Å². The number of hydrogen-bond acceptors (Lipinski definition) is 22. The molecule has 0 aliphatic heterocycles. The van der Waals surface area contributed by atoms with Crippen LogP contribution in [-0.4, -0.2) is 225 Å². The first-order valence-electron chi connectivity index (χ1n) is 38.7. The fourth-order valence-corrected chi connectivity index (χ4v) is 10.7. The van der Waals surface area contributed by atoms with Crippen molar-refractivity contribution >= 4 is 31.6 Å².